The van der Waals surface area contributed by atoms with E-state index in [0.717, 1.165) is 31.7 Å². The Morgan fingerprint density at radius 1 is 1.28 bits per heavy atom. The molecule has 1 atom stereocenters. The molecule has 2 fully saturated rings. The maximum atomic E-state index is 5.69. The highest BCUT2D eigenvalue weighted by atomic mass is 16.5. The molecule has 18 heavy (non-hydrogen) atoms. The third-order valence-electron chi connectivity index (χ3n) is 3.99. The van der Waals surface area contributed by atoms with Gasteiger partial charge in [-0.1, -0.05) is 0 Å². The van der Waals surface area contributed by atoms with Crippen molar-refractivity contribution in [1.29, 1.82) is 0 Å². The SMILES string of the molecule is Nc1nccc([C@H]2CCCN2C2CCOCC2)n1. The lowest BCUT2D eigenvalue weighted by molar-refractivity contribution is 0.0285. The molecule has 0 spiro atoms. The first-order chi connectivity index (χ1) is 8.84. The molecule has 2 aliphatic heterocycles. The summed E-state index contributed by atoms with van der Waals surface area (Å²) in [4.78, 5) is 11.0. The van der Waals surface area contributed by atoms with Crippen LogP contribution in [0.1, 0.15) is 37.4 Å². The quantitative estimate of drug-likeness (QED) is 0.856. The van der Waals surface area contributed by atoms with Crippen LogP contribution in [0, 0.1) is 0 Å². The lowest BCUT2D eigenvalue weighted by Crippen LogP contribution is -2.39. The summed E-state index contributed by atoms with van der Waals surface area (Å²) in [5.74, 6) is 0.381. The van der Waals surface area contributed by atoms with Crippen molar-refractivity contribution in [2.45, 2.75) is 37.8 Å². The lowest BCUT2D eigenvalue weighted by atomic mass is 10.0. The number of ether oxygens (including phenoxy) is 1. The average molecular weight is 248 g/mol. The Kier molecular flexibility index (Phi) is 3.43. The van der Waals surface area contributed by atoms with Gasteiger partial charge in [-0.05, 0) is 38.3 Å². The molecule has 1 aromatic heterocycles. The zero-order valence-electron chi connectivity index (χ0n) is 10.6. The Labute approximate surface area is 107 Å². The fourth-order valence-corrected chi connectivity index (χ4v) is 3.13. The Morgan fingerprint density at radius 2 is 2.11 bits per heavy atom. The van der Waals surface area contributed by atoms with Gasteiger partial charge in [0.1, 0.15) is 0 Å². The predicted octanol–water partition coefficient (Wildman–Crippen LogP) is 1.37. The number of hydrogen-bond acceptors (Lipinski definition) is 5. The van der Waals surface area contributed by atoms with Gasteiger partial charge in [-0.25, -0.2) is 9.97 Å². The number of nitrogens with two attached hydrogens (primary N) is 1. The van der Waals surface area contributed by atoms with Crippen LogP contribution in [-0.4, -0.2) is 40.7 Å². The van der Waals surface area contributed by atoms with Crippen LogP contribution in [0.5, 0.6) is 0 Å². The molecule has 0 saturated carbocycles. The van der Waals surface area contributed by atoms with Gasteiger partial charge < -0.3 is 10.5 Å². The molecular weight excluding hydrogens is 228 g/mol. The molecule has 0 amide bonds. The van der Waals surface area contributed by atoms with Crippen LogP contribution in [-0.2, 0) is 4.74 Å². The third kappa shape index (κ3) is 2.33. The van der Waals surface area contributed by atoms with Crippen LogP contribution >= 0.6 is 0 Å². The number of anilines is 1. The van der Waals surface area contributed by atoms with Gasteiger partial charge in [0.2, 0.25) is 5.95 Å². The number of rotatable bonds is 2. The highest BCUT2D eigenvalue weighted by Crippen LogP contribution is 2.34. The molecular formula is C13H20N4O. The second kappa shape index (κ2) is 5.20. The van der Waals surface area contributed by atoms with Crippen LogP contribution in [0.2, 0.25) is 0 Å². The number of aromatic nitrogens is 2. The summed E-state index contributed by atoms with van der Waals surface area (Å²) >= 11 is 0. The molecule has 3 rings (SSSR count). The van der Waals surface area contributed by atoms with E-state index in [4.69, 9.17) is 10.5 Å². The number of nitrogens with zero attached hydrogens (tertiary/aromatic N) is 3. The van der Waals surface area contributed by atoms with E-state index in [0.29, 0.717) is 18.0 Å². The minimum atomic E-state index is 0.381. The maximum Gasteiger partial charge on any atom is 0.220 e. The largest absolute Gasteiger partial charge is 0.381 e. The summed E-state index contributed by atoms with van der Waals surface area (Å²) in [5, 5.41) is 0. The van der Waals surface area contributed by atoms with Gasteiger partial charge in [-0.15, -0.1) is 0 Å². The summed E-state index contributed by atoms with van der Waals surface area (Å²) in [6.45, 7) is 2.94. The highest BCUT2D eigenvalue weighted by molar-refractivity contribution is 5.20. The molecule has 1 aromatic rings. The Balaban J connectivity index is 1.78. The second-order valence-electron chi connectivity index (χ2n) is 5.08. The summed E-state index contributed by atoms with van der Waals surface area (Å²) in [6.07, 6.45) is 6.45. The van der Waals surface area contributed by atoms with Gasteiger partial charge in [-0.3, -0.25) is 4.90 Å². The van der Waals surface area contributed by atoms with E-state index in [2.05, 4.69) is 14.9 Å². The van der Waals surface area contributed by atoms with Gasteiger partial charge in [0, 0.05) is 25.5 Å². The summed E-state index contributed by atoms with van der Waals surface area (Å²) in [6, 6.07) is 3.06. The zero-order chi connectivity index (χ0) is 12.4. The summed E-state index contributed by atoms with van der Waals surface area (Å²) < 4.78 is 5.45. The van der Waals surface area contributed by atoms with E-state index < -0.39 is 0 Å². The van der Waals surface area contributed by atoms with Crippen LogP contribution in [0.15, 0.2) is 12.3 Å². The number of hydrogen-bond donors (Lipinski definition) is 1. The van der Waals surface area contributed by atoms with Gasteiger partial charge in [0.15, 0.2) is 0 Å². The standard InChI is InChI=1S/C13H20N4O/c14-13-15-6-3-11(16-13)12-2-1-7-17(12)10-4-8-18-9-5-10/h3,6,10,12H,1-2,4-5,7-9H2,(H2,14,15,16)/t12-/m1/s1. The highest BCUT2D eigenvalue weighted by Gasteiger charge is 2.33. The van der Waals surface area contributed by atoms with Crippen molar-refractivity contribution in [3.63, 3.8) is 0 Å². The van der Waals surface area contributed by atoms with E-state index in [-0.39, 0.29) is 0 Å². The normalized spacial score (nSPS) is 26.6. The molecule has 5 heteroatoms. The van der Waals surface area contributed by atoms with Crippen molar-refractivity contribution in [3.8, 4) is 0 Å². The molecule has 0 radical (unpaired) electrons. The molecule has 0 aromatic carbocycles. The lowest BCUT2D eigenvalue weighted by Gasteiger charge is -2.35. The van der Waals surface area contributed by atoms with Crippen LogP contribution in [0.25, 0.3) is 0 Å². The molecule has 2 saturated heterocycles. The fraction of sp³-hybridized carbons (Fsp3) is 0.692. The minimum absolute atomic E-state index is 0.381. The molecule has 98 valence electrons. The summed E-state index contributed by atoms with van der Waals surface area (Å²) in [7, 11) is 0. The molecule has 0 aliphatic carbocycles. The van der Waals surface area contributed by atoms with Crippen LogP contribution < -0.4 is 5.73 Å². The summed E-state index contributed by atoms with van der Waals surface area (Å²) in [5.41, 5.74) is 6.76. The van der Waals surface area contributed by atoms with Crippen molar-refractivity contribution in [2.24, 2.45) is 0 Å². The first kappa shape index (κ1) is 11.9. The second-order valence-corrected chi connectivity index (χ2v) is 5.08. The molecule has 3 heterocycles. The van der Waals surface area contributed by atoms with Crippen LogP contribution in [0.4, 0.5) is 5.95 Å². The number of likely N-dealkylation sites (tertiary alicyclic amines) is 1. The Bertz CT molecular complexity index is 406. The predicted molar refractivity (Wildman–Crippen MR) is 69.0 cm³/mol. The molecule has 2 aliphatic rings. The number of nitrogen functional groups attached to an aromatic ring is 1. The Hall–Kier alpha value is -1.20. The van der Waals surface area contributed by atoms with Crippen molar-refractivity contribution >= 4 is 5.95 Å². The minimum Gasteiger partial charge on any atom is -0.381 e. The first-order valence-electron chi connectivity index (χ1n) is 6.76. The molecule has 5 nitrogen and oxygen atoms in total. The van der Waals surface area contributed by atoms with E-state index in [1.807, 2.05) is 6.07 Å². The van der Waals surface area contributed by atoms with Crippen molar-refractivity contribution in [3.05, 3.63) is 18.0 Å². The topological polar surface area (TPSA) is 64.3 Å². The molecule has 0 bridgehead atoms. The molecule has 2 N–H and O–H groups in total. The monoisotopic (exact) mass is 248 g/mol. The fourth-order valence-electron chi connectivity index (χ4n) is 3.13. The van der Waals surface area contributed by atoms with Crippen molar-refractivity contribution in [1.82, 2.24) is 14.9 Å². The van der Waals surface area contributed by atoms with Gasteiger partial charge in [0.25, 0.3) is 0 Å². The van der Waals surface area contributed by atoms with E-state index in [9.17, 15) is 0 Å². The van der Waals surface area contributed by atoms with Crippen LogP contribution in [0.3, 0.4) is 0 Å². The van der Waals surface area contributed by atoms with E-state index in [1.165, 1.54) is 19.4 Å². The van der Waals surface area contributed by atoms with E-state index in [1.54, 1.807) is 6.20 Å². The maximum absolute atomic E-state index is 5.69. The smallest absolute Gasteiger partial charge is 0.220 e. The first-order valence-corrected chi connectivity index (χ1v) is 6.76. The molecule has 0 unspecified atom stereocenters. The average Bonchev–Trinajstić information content (AvgIpc) is 2.89. The van der Waals surface area contributed by atoms with E-state index >= 15 is 0 Å². The van der Waals surface area contributed by atoms with Gasteiger partial charge in [0.05, 0.1) is 11.7 Å². The van der Waals surface area contributed by atoms with Gasteiger partial charge >= 0.3 is 0 Å². The third-order valence-corrected chi connectivity index (χ3v) is 3.99. The van der Waals surface area contributed by atoms with Gasteiger partial charge in [-0.2, -0.15) is 0 Å². The zero-order valence-corrected chi connectivity index (χ0v) is 10.6. The Morgan fingerprint density at radius 3 is 2.89 bits per heavy atom. The van der Waals surface area contributed by atoms with Crippen molar-refractivity contribution < 1.29 is 4.74 Å². The van der Waals surface area contributed by atoms with Crippen molar-refractivity contribution in [2.75, 3.05) is 25.5 Å².